The molecule has 82 valence electrons. The Morgan fingerprint density at radius 2 is 2.21 bits per heavy atom. The van der Waals surface area contributed by atoms with E-state index in [-0.39, 0.29) is 5.91 Å². The Bertz CT molecular complexity index is 212. The van der Waals surface area contributed by atoms with E-state index in [1.165, 1.54) is 0 Å². The van der Waals surface area contributed by atoms with Gasteiger partial charge in [-0.3, -0.25) is 4.79 Å². The zero-order chi connectivity index (χ0) is 10.8. The summed E-state index contributed by atoms with van der Waals surface area (Å²) in [6.45, 7) is 2.99. The van der Waals surface area contributed by atoms with E-state index >= 15 is 0 Å². The van der Waals surface area contributed by atoms with Crippen molar-refractivity contribution in [3.05, 3.63) is 0 Å². The van der Waals surface area contributed by atoms with Gasteiger partial charge in [-0.2, -0.15) is 0 Å². The van der Waals surface area contributed by atoms with Gasteiger partial charge in [-0.1, -0.05) is 0 Å². The number of hydrogen-bond donors (Lipinski definition) is 1. The van der Waals surface area contributed by atoms with E-state index in [0.29, 0.717) is 19.1 Å². The highest BCUT2D eigenvalue weighted by Gasteiger charge is 2.45. The monoisotopic (exact) mass is 200 g/mol. The fourth-order valence-electron chi connectivity index (χ4n) is 1.60. The normalized spacial score (nSPS) is 20.3. The molecule has 1 aliphatic rings. The van der Waals surface area contributed by atoms with Crippen LogP contribution in [0.15, 0.2) is 0 Å². The molecule has 0 aliphatic heterocycles. The maximum absolute atomic E-state index is 11.9. The number of rotatable bonds is 5. The van der Waals surface area contributed by atoms with Gasteiger partial charge in [0, 0.05) is 20.7 Å². The quantitative estimate of drug-likeness (QED) is 0.690. The first kappa shape index (κ1) is 11.5. The van der Waals surface area contributed by atoms with Crippen molar-refractivity contribution in [3.8, 4) is 0 Å². The minimum atomic E-state index is -0.678. The lowest BCUT2D eigenvalue weighted by Gasteiger charge is -2.29. The Labute approximate surface area is 85.4 Å². The fraction of sp³-hybridized carbons (Fsp3) is 0.900. The van der Waals surface area contributed by atoms with Crippen molar-refractivity contribution in [3.63, 3.8) is 0 Å². The van der Waals surface area contributed by atoms with E-state index in [9.17, 15) is 4.79 Å². The number of nitrogens with two attached hydrogens (primary N) is 1. The number of carbonyl (C=O) groups is 1. The van der Waals surface area contributed by atoms with Crippen LogP contribution in [0.4, 0.5) is 0 Å². The molecule has 1 fully saturated rings. The highest BCUT2D eigenvalue weighted by Crippen LogP contribution is 2.38. The molecule has 0 spiro atoms. The summed E-state index contributed by atoms with van der Waals surface area (Å²) in [4.78, 5) is 13.6. The van der Waals surface area contributed by atoms with Gasteiger partial charge >= 0.3 is 0 Å². The molecule has 4 heteroatoms. The zero-order valence-electron chi connectivity index (χ0n) is 9.25. The molecular formula is C10H20N2O2. The molecule has 0 saturated heterocycles. The van der Waals surface area contributed by atoms with Crippen LogP contribution in [0.2, 0.25) is 0 Å². The lowest BCUT2D eigenvalue weighted by Crippen LogP contribution is -2.54. The van der Waals surface area contributed by atoms with Crippen LogP contribution >= 0.6 is 0 Å². The molecule has 0 bridgehead atoms. The molecule has 14 heavy (non-hydrogen) atoms. The SMILES string of the molecule is COCCN(C)C(=O)C(C)(N)C1CC1. The molecule has 0 radical (unpaired) electrons. The van der Waals surface area contributed by atoms with E-state index in [4.69, 9.17) is 10.5 Å². The molecule has 1 unspecified atom stereocenters. The average Bonchev–Trinajstić information content (AvgIpc) is 2.95. The lowest BCUT2D eigenvalue weighted by molar-refractivity contribution is -0.136. The molecule has 1 rings (SSSR count). The first-order valence-electron chi connectivity index (χ1n) is 5.03. The van der Waals surface area contributed by atoms with Crippen LogP contribution in [-0.4, -0.2) is 43.7 Å². The van der Waals surface area contributed by atoms with Crippen LogP contribution in [0, 0.1) is 5.92 Å². The van der Waals surface area contributed by atoms with Crippen molar-refractivity contribution in [2.45, 2.75) is 25.3 Å². The van der Waals surface area contributed by atoms with Crippen LogP contribution in [0.1, 0.15) is 19.8 Å². The Morgan fingerprint density at radius 1 is 1.64 bits per heavy atom. The fourth-order valence-corrected chi connectivity index (χ4v) is 1.60. The van der Waals surface area contributed by atoms with Crippen LogP contribution in [0.3, 0.4) is 0 Å². The van der Waals surface area contributed by atoms with E-state index in [1.54, 1.807) is 19.1 Å². The topological polar surface area (TPSA) is 55.6 Å². The minimum Gasteiger partial charge on any atom is -0.383 e. The van der Waals surface area contributed by atoms with Crippen molar-refractivity contribution in [1.82, 2.24) is 4.90 Å². The molecule has 0 heterocycles. The molecule has 1 aliphatic carbocycles. The van der Waals surface area contributed by atoms with Gasteiger partial charge in [0.25, 0.3) is 0 Å². The Hall–Kier alpha value is -0.610. The summed E-state index contributed by atoms with van der Waals surface area (Å²) in [7, 11) is 3.40. The predicted molar refractivity (Wildman–Crippen MR) is 54.8 cm³/mol. The molecule has 2 N–H and O–H groups in total. The number of carbonyl (C=O) groups excluding carboxylic acids is 1. The molecule has 1 atom stereocenters. The Morgan fingerprint density at radius 3 is 2.64 bits per heavy atom. The second kappa shape index (κ2) is 4.28. The van der Waals surface area contributed by atoms with Gasteiger partial charge < -0.3 is 15.4 Å². The van der Waals surface area contributed by atoms with Gasteiger partial charge in [0.1, 0.15) is 0 Å². The molecule has 0 aromatic rings. The van der Waals surface area contributed by atoms with Gasteiger partial charge in [0.05, 0.1) is 12.1 Å². The number of ether oxygens (including phenoxy) is 1. The smallest absolute Gasteiger partial charge is 0.242 e. The van der Waals surface area contributed by atoms with Crippen molar-refractivity contribution < 1.29 is 9.53 Å². The molecule has 1 amide bonds. The summed E-state index contributed by atoms with van der Waals surface area (Å²) in [5, 5.41) is 0. The highest BCUT2D eigenvalue weighted by atomic mass is 16.5. The van der Waals surface area contributed by atoms with E-state index in [1.807, 2.05) is 6.92 Å². The largest absolute Gasteiger partial charge is 0.383 e. The van der Waals surface area contributed by atoms with E-state index in [2.05, 4.69) is 0 Å². The number of nitrogens with zero attached hydrogens (tertiary/aromatic N) is 1. The van der Waals surface area contributed by atoms with Crippen molar-refractivity contribution in [1.29, 1.82) is 0 Å². The van der Waals surface area contributed by atoms with Crippen molar-refractivity contribution in [2.75, 3.05) is 27.3 Å². The van der Waals surface area contributed by atoms with Gasteiger partial charge in [-0.25, -0.2) is 0 Å². The Balaban J connectivity index is 2.45. The summed E-state index contributed by atoms with van der Waals surface area (Å²) in [5.74, 6) is 0.400. The van der Waals surface area contributed by atoms with Crippen molar-refractivity contribution >= 4 is 5.91 Å². The number of hydrogen-bond acceptors (Lipinski definition) is 3. The third-order valence-corrected chi connectivity index (χ3v) is 2.86. The summed E-state index contributed by atoms with van der Waals surface area (Å²) < 4.78 is 4.92. The van der Waals surface area contributed by atoms with Gasteiger partial charge in [-0.15, -0.1) is 0 Å². The molecule has 0 aromatic heterocycles. The number of likely N-dealkylation sites (N-methyl/N-ethyl adjacent to an activating group) is 1. The summed E-state index contributed by atoms with van der Waals surface area (Å²) >= 11 is 0. The Kier molecular flexibility index (Phi) is 3.50. The van der Waals surface area contributed by atoms with Crippen LogP contribution < -0.4 is 5.73 Å². The third-order valence-electron chi connectivity index (χ3n) is 2.86. The highest BCUT2D eigenvalue weighted by molar-refractivity contribution is 5.86. The van der Waals surface area contributed by atoms with Crippen LogP contribution in [0.5, 0.6) is 0 Å². The standard InChI is InChI=1S/C10H20N2O2/c1-10(11,8-4-5-8)9(13)12(2)6-7-14-3/h8H,4-7,11H2,1-3H3. The summed E-state index contributed by atoms with van der Waals surface area (Å²) in [5.41, 5.74) is 5.33. The van der Waals surface area contributed by atoms with E-state index < -0.39 is 5.54 Å². The maximum atomic E-state index is 11.9. The second-order valence-electron chi connectivity index (χ2n) is 4.28. The predicted octanol–water partition coefficient (Wildman–Crippen LogP) is 0.219. The summed E-state index contributed by atoms with van der Waals surface area (Å²) in [6, 6.07) is 0. The van der Waals surface area contributed by atoms with Gasteiger partial charge in [0.15, 0.2) is 0 Å². The molecule has 0 aromatic carbocycles. The molecular weight excluding hydrogens is 180 g/mol. The van der Waals surface area contributed by atoms with Gasteiger partial charge in [0.2, 0.25) is 5.91 Å². The first-order valence-corrected chi connectivity index (χ1v) is 5.03. The number of methoxy groups -OCH3 is 1. The minimum absolute atomic E-state index is 0.0250. The van der Waals surface area contributed by atoms with Crippen LogP contribution in [-0.2, 0) is 9.53 Å². The van der Waals surface area contributed by atoms with Crippen LogP contribution in [0.25, 0.3) is 0 Å². The maximum Gasteiger partial charge on any atom is 0.242 e. The average molecular weight is 200 g/mol. The number of amides is 1. The lowest BCUT2D eigenvalue weighted by atomic mass is 9.95. The van der Waals surface area contributed by atoms with E-state index in [0.717, 1.165) is 12.8 Å². The van der Waals surface area contributed by atoms with Gasteiger partial charge in [-0.05, 0) is 25.7 Å². The molecule has 1 saturated carbocycles. The second-order valence-corrected chi connectivity index (χ2v) is 4.28. The first-order chi connectivity index (χ1) is 6.50. The molecule has 4 nitrogen and oxygen atoms in total. The summed E-state index contributed by atoms with van der Waals surface area (Å²) in [6.07, 6.45) is 2.16. The van der Waals surface area contributed by atoms with Crippen molar-refractivity contribution in [2.24, 2.45) is 11.7 Å². The third kappa shape index (κ3) is 2.45. The zero-order valence-corrected chi connectivity index (χ0v) is 9.25.